The van der Waals surface area contributed by atoms with E-state index in [-0.39, 0.29) is 30.9 Å². The van der Waals surface area contributed by atoms with Crippen molar-refractivity contribution in [3.63, 3.8) is 0 Å². The van der Waals surface area contributed by atoms with Crippen LogP contribution in [0.4, 0.5) is 0 Å². The Morgan fingerprint density at radius 3 is 1.90 bits per heavy atom. The smallest absolute Gasteiger partial charge is 0.0575 e. The molecule has 0 fully saturated rings. The van der Waals surface area contributed by atoms with Crippen molar-refractivity contribution in [1.29, 1.82) is 0 Å². The maximum Gasteiger partial charge on any atom is 0.0575 e. The van der Waals surface area contributed by atoms with Crippen molar-refractivity contribution in [2.75, 3.05) is 0 Å². The fourth-order valence-corrected chi connectivity index (χ4v) is 6.85. The Labute approximate surface area is 300 Å². The number of aromatic nitrogens is 3. The van der Waals surface area contributed by atoms with Crippen LogP contribution >= 0.6 is 0 Å². The third-order valence-corrected chi connectivity index (χ3v) is 10.2. The molecule has 3 nitrogen and oxygen atoms in total. The molecule has 1 aliphatic heterocycles. The zero-order chi connectivity index (χ0) is 33.3. The van der Waals surface area contributed by atoms with Gasteiger partial charge in [0, 0.05) is 37.3 Å². The minimum absolute atomic E-state index is 0. The van der Waals surface area contributed by atoms with Gasteiger partial charge in [-0.3, -0.25) is 4.68 Å². The summed E-state index contributed by atoms with van der Waals surface area (Å²) in [6.07, 6.45) is 3.83. The van der Waals surface area contributed by atoms with Crippen LogP contribution in [0, 0.1) is 12.1 Å². The van der Waals surface area contributed by atoms with E-state index in [0.29, 0.717) is 11.8 Å². The molecule has 0 bridgehead atoms. The molecule has 7 rings (SSSR count). The van der Waals surface area contributed by atoms with Crippen molar-refractivity contribution in [2.24, 2.45) is 0 Å². The minimum atomic E-state index is -0.102. The Morgan fingerprint density at radius 2 is 1.29 bits per heavy atom. The molecule has 0 unspecified atom stereocenters. The molecule has 6 aromatic rings. The van der Waals surface area contributed by atoms with E-state index in [1.807, 2.05) is 54.7 Å². The van der Waals surface area contributed by atoms with E-state index in [2.05, 4.69) is 132 Å². The van der Waals surface area contributed by atoms with Crippen LogP contribution in [0.3, 0.4) is 0 Å². The molecular formula is C44H45IrN3-2. The normalized spacial score (nSPS) is 14.0. The predicted molar refractivity (Wildman–Crippen MR) is 196 cm³/mol. The van der Waals surface area contributed by atoms with Crippen molar-refractivity contribution < 1.29 is 20.1 Å². The molecule has 0 saturated heterocycles. The van der Waals surface area contributed by atoms with Crippen molar-refractivity contribution in [2.45, 2.75) is 78.1 Å². The quantitative estimate of drug-likeness (QED) is 0.162. The largest absolute Gasteiger partial charge is 0.305 e. The predicted octanol–water partition coefficient (Wildman–Crippen LogP) is 11.4. The van der Waals surface area contributed by atoms with E-state index < -0.39 is 0 Å². The molecular weight excluding hydrogens is 763 g/mol. The van der Waals surface area contributed by atoms with Crippen LogP contribution in [0.1, 0.15) is 89.6 Å². The molecule has 3 heterocycles. The van der Waals surface area contributed by atoms with E-state index in [0.717, 1.165) is 16.9 Å². The number of hydrogen-bond donors (Lipinski definition) is 0. The van der Waals surface area contributed by atoms with Crippen LogP contribution in [-0.4, -0.2) is 14.8 Å². The van der Waals surface area contributed by atoms with Crippen LogP contribution in [-0.2, 0) is 30.9 Å². The number of hydrogen-bond acceptors (Lipinski definition) is 2. The average Bonchev–Trinajstić information content (AvgIpc) is 3.55. The molecule has 1 radical (unpaired) electrons. The third kappa shape index (κ3) is 6.37. The van der Waals surface area contributed by atoms with Crippen molar-refractivity contribution in [3.05, 3.63) is 150 Å². The van der Waals surface area contributed by atoms with E-state index in [1.54, 1.807) is 6.20 Å². The van der Waals surface area contributed by atoms with Crippen LogP contribution in [0.15, 0.2) is 116 Å². The summed E-state index contributed by atoms with van der Waals surface area (Å²) >= 11 is 0. The SMILES string of the molecule is CC(C)c1cccc(C(C)C)c1-c1ccc(-c2cnn3c2C(C)(C)C(C)(C)c2ccc[c-]c2-3)cc1.[Ir].[c-]1ccccc1-c1ccccn1. The summed E-state index contributed by atoms with van der Waals surface area (Å²) in [7, 11) is 0. The summed E-state index contributed by atoms with van der Waals surface area (Å²) in [6.45, 7) is 18.5. The monoisotopic (exact) mass is 808 g/mol. The van der Waals surface area contributed by atoms with E-state index >= 15 is 0 Å². The zero-order valence-electron chi connectivity index (χ0n) is 29.3. The second-order valence-corrected chi connectivity index (χ2v) is 14.2. The van der Waals surface area contributed by atoms with Gasteiger partial charge in [-0.05, 0) is 62.5 Å². The van der Waals surface area contributed by atoms with E-state index in [9.17, 15) is 0 Å². The zero-order valence-corrected chi connectivity index (χ0v) is 31.7. The van der Waals surface area contributed by atoms with Gasteiger partial charge < -0.3 is 4.98 Å². The Balaban J connectivity index is 0.000000291. The summed E-state index contributed by atoms with van der Waals surface area (Å²) in [5.74, 6) is 0.954. The van der Waals surface area contributed by atoms with Gasteiger partial charge in [0.25, 0.3) is 0 Å². The molecule has 0 saturated carbocycles. The Kier molecular flexibility index (Phi) is 10.4. The Morgan fingerprint density at radius 1 is 0.646 bits per heavy atom. The Bertz CT molecular complexity index is 1900. The molecule has 1 aliphatic rings. The van der Waals surface area contributed by atoms with Gasteiger partial charge in [0.05, 0.1) is 11.9 Å². The van der Waals surface area contributed by atoms with Crippen molar-refractivity contribution >= 4 is 0 Å². The number of nitrogens with zero attached hydrogens (tertiary/aromatic N) is 3. The molecule has 0 spiro atoms. The fraction of sp³-hybridized carbons (Fsp3) is 0.273. The number of benzene rings is 4. The summed E-state index contributed by atoms with van der Waals surface area (Å²) in [4.78, 5) is 4.22. The van der Waals surface area contributed by atoms with Gasteiger partial charge in [-0.1, -0.05) is 110 Å². The summed E-state index contributed by atoms with van der Waals surface area (Å²) in [6, 6.07) is 42.5. The first-order chi connectivity index (χ1) is 22.5. The molecule has 0 atom stereocenters. The maximum absolute atomic E-state index is 4.88. The number of para-hydroxylation sites is 1. The van der Waals surface area contributed by atoms with Crippen LogP contribution < -0.4 is 0 Å². The van der Waals surface area contributed by atoms with Gasteiger partial charge in [0.2, 0.25) is 0 Å². The van der Waals surface area contributed by atoms with Gasteiger partial charge in [-0.15, -0.1) is 41.5 Å². The van der Waals surface area contributed by atoms with Gasteiger partial charge >= 0.3 is 0 Å². The van der Waals surface area contributed by atoms with Crippen LogP contribution in [0.5, 0.6) is 0 Å². The van der Waals surface area contributed by atoms with Gasteiger partial charge in [0.1, 0.15) is 0 Å². The first kappa shape index (κ1) is 35.2. The second-order valence-electron chi connectivity index (χ2n) is 14.2. The Hall–Kier alpha value is -4.11. The van der Waals surface area contributed by atoms with Gasteiger partial charge in [-0.2, -0.15) is 29.4 Å². The molecule has 247 valence electrons. The molecule has 4 heteroatoms. The number of fused-ring (bicyclic) bond motifs is 3. The van der Waals surface area contributed by atoms with Gasteiger partial charge in [0.15, 0.2) is 0 Å². The maximum atomic E-state index is 4.88. The average molecular weight is 808 g/mol. The van der Waals surface area contributed by atoms with E-state index in [4.69, 9.17) is 5.10 Å². The molecule has 0 N–H and O–H groups in total. The molecule has 48 heavy (non-hydrogen) atoms. The molecule has 0 aliphatic carbocycles. The number of rotatable bonds is 5. The van der Waals surface area contributed by atoms with Gasteiger partial charge in [-0.25, -0.2) is 0 Å². The summed E-state index contributed by atoms with van der Waals surface area (Å²) < 4.78 is 2.12. The van der Waals surface area contributed by atoms with Crippen molar-refractivity contribution in [1.82, 2.24) is 14.8 Å². The standard InChI is InChI=1S/C33H37N2.C11H8N.Ir/c1-21(2)25-12-11-13-26(22(3)4)30(25)24-18-16-23(17-19-24)27-20-34-35-29-15-10-9-14-28(29)32(5,6)33(7,8)31(27)35;1-2-6-10(7-3-1)11-8-4-5-9-12-11;/h9-14,16-22H,1-8H3;1-6,8-9H;/q2*-1;. The first-order valence-electron chi connectivity index (χ1n) is 16.7. The molecule has 2 aromatic heterocycles. The van der Waals surface area contributed by atoms with Crippen LogP contribution in [0.25, 0.3) is 39.2 Å². The van der Waals surface area contributed by atoms with E-state index in [1.165, 1.54) is 44.6 Å². The first-order valence-corrected chi connectivity index (χ1v) is 16.7. The summed E-state index contributed by atoms with van der Waals surface area (Å²) in [5, 5.41) is 4.88. The van der Waals surface area contributed by atoms with Crippen molar-refractivity contribution in [3.8, 4) is 39.2 Å². The minimum Gasteiger partial charge on any atom is -0.305 e. The fourth-order valence-electron chi connectivity index (χ4n) is 6.85. The molecule has 4 aromatic carbocycles. The number of pyridine rings is 1. The molecule has 0 amide bonds. The summed E-state index contributed by atoms with van der Waals surface area (Å²) in [5.41, 5.74) is 13.4. The third-order valence-electron chi connectivity index (χ3n) is 10.2. The van der Waals surface area contributed by atoms with Crippen LogP contribution in [0.2, 0.25) is 0 Å². The topological polar surface area (TPSA) is 30.7 Å². The second kappa shape index (κ2) is 14.2.